The highest BCUT2D eigenvalue weighted by molar-refractivity contribution is 5.94. The lowest BCUT2D eigenvalue weighted by atomic mass is 9.94. The van der Waals surface area contributed by atoms with E-state index in [4.69, 9.17) is 0 Å². The van der Waals surface area contributed by atoms with Gasteiger partial charge in [0.15, 0.2) is 0 Å². The summed E-state index contributed by atoms with van der Waals surface area (Å²) in [6.45, 7) is 17.2. The van der Waals surface area contributed by atoms with E-state index in [9.17, 15) is 4.79 Å². The van der Waals surface area contributed by atoms with Gasteiger partial charge >= 0.3 is 5.78 Å². The predicted octanol–water partition coefficient (Wildman–Crippen LogP) is 3.34. The first kappa shape index (κ1) is 11.0. The van der Waals surface area contributed by atoms with Crippen LogP contribution in [-0.4, -0.2) is 5.78 Å². The summed E-state index contributed by atoms with van der Waals surface area (Å²) >= 11 is 0. The summed E-state index contributed by atoms with van der Waals surface area (Å²) in [6, 6.07) is 0. The first-order valence-electron chi connectivity index (χ1n) is 6.03. The van der Waals surface area contributed by atoms with Crippen molar-refractivity contribution in [2.45, 2.75) is 41.5 Å². The average Bonchev–Trinajstić information content (AvgIpc) is 2.80. The van der Waals surface area contributed by atoms with E-state index < -0.39 is 0 Å². The molecule has 1 spiro atoms. The van der Waals surface area contributed by atoms with Gasteiger partial charge in [0.05, 0.1) is 5.41 Å². The Morgan fingerprint density at radius 2 is 1.67 bits per heavy atom. The fourth-order valence-electron chi connectivity index (χ4n) is 5.13. The van der Waals surface area contributed by atoms with Gasteiger partial charge in [-0.3, -0.25) is 0 Å². The molecule has 0 heterocycles. The van der Waals surface area contributed by atoms with Crippen molar-refractivity contribution in [2.24, 2.45) is 34.0 Å². The normalized spacial score (nSPS) is 50.9. The van der Waals surface area contributed by atoms with Crippen molar-refractivity contribution in [3.05, 3.63) is 6.92 Å². The monoisotopic (exact) mass is 207 g/mol. The minimum absolute atomic E-state index is 0.149. The zero-order valence-corrected chi connectivity index (χ0v) is 10.8. The van der Waals surface area contributed by atoms with Crippen LogP contribution in [0.1, 0.15) is 41.5 Å². The molecular weight excluding hydrogens is 184 g/mol. The summed E-state index contributed by atoms with van der Waals surface area (Å²) in [4.78, 5) is 11.8. The third-order valence-corrected chi connectivity index (χ3v) is 5.88. The first-order chi connectivity index (χ1) is 6.66. The second kappa shape index (κ2) is 2.44. The number of rotatable bonds is 2. The van der Waals surface area contributed by atoms with E-state index in [-0.39, 0.29) is 16.6 Å². The maximum absolute atomic E-state index is 11.8. The molecule has 4 unspecified atom stereocenters. The smallest absolute Gasteiger partial charge is 0.243 e. The van der Waals surface area contributed by atoms with Crippen LogP contribution in [0.2, 0.25) is 0 Å². The number of Topliss-reactive ketones (excluding diaryl/α,β-unsaturated/α-hetero) is 1. The molecule has 0 saturated heterocycles. The Balaban J connectivity index is 2.42. The quantitative estimate of drug-likeness (QED) is 0.635. The van der Waals surface area contributed by atoms with Crippen molar-refractivity contribution in [2.75, 3.05) is 0 Å². The van der Waals surface area contributed by atoms with E-state index in [1.54, 1.807) is 0 Å². The largest absolute Gasteiger partial charge is 0.310 e. The molecule has 0 aromatic heterocycles. The topological polar surface area (TPSA) is 17.1 Å². The van der Waals surface area contributed by atoms with E-state index >= 15 is 0 Å². The molecule has 0 aromatic rings. The lowest BCUT2D eigenvalue weighted by Crippen LogP contribution is -2.15. The van der Waals surface area contributed by atoms with Crippen LogP contribution < -0.4 is 0 Å². The van der Waals surface area contributed by atoms with E-state index in [0.717, 1.165) is 0 Å². The number of hydrogen-bond acceptors (Lipinski definition) is 1. The molecule has 0 amide bonds. The molecule has 4 atom stereocenters. The van der Waals surface area contributed by atoms with Crippen LogP contribution in [0.5, 0.6) is 0 Å². The van der Waals surface area contributed by atoms with Gasteiger partial charge in [0.1, 0.15) is 6.92 Å². The number of carbonyl (C=O) groups is 1. The molecule has 1 heteroatoms. The Morgan fingerprint density at radius 1 is 1.27 bits per heavy atom. The molecule has 84 valence electrons. The molecule has 0 aliphatic heterocycles. The Hall–Kier alpha value is -0.460. The molecule has 0 radical (unpaired) electrons. The van der Waals surface area contributed by atoms with Crippen molar-refractivity contribution in [3.8, 4) is 0 Å². The maximum Gasteiger partial charge on any atom is 0.310 e. The van der Waals surface area contributed by atoms with Gasteiger partial charge in [0, 0.05) is 5.41 Å². The van der Waals surface area contributed by atoms with Crippen molar-refractivity contribution in [1.82, 2.24) is 0 Å². The molecule has 0 aromatic carbocycles. The average molecular weight is 207 g/mol. The molecule has 2 rings (SSSR count). The van der Waals surface area contributed by atoms with Crippen LogP contribution in [-0.2, 0) is 4.79 Å². The Kier molecular flexibility index (Phi) is 1.80. The van der Waals surface area contributed by atoms with E-state index in [2.05, 4.69) is 48.5 Å². The summed E-state index contributed by atoms with van der Waals surface area (Å²) in [5, 5.41) is 0. The highest BCUT2D eigenvalue weighted by Crippen LogP contribution is 2.94. The zero-order chi connectivity index (χ0) is 11.8. The number of ketones is 1. The third kappa shape index (κ3) is 0.798. The van der Waals surface area contributed by atoms with Crippen molar-refractivity contribution < 1.29 is 4.79 Å². The minimum Gasteiger partial charge on any atom is -0.243 e. The molecule has 15 heavy (non-hydrogen) atoms. The summed E-state index contributed by atoms with van der Waals surface area (Å²) in [6.07, 6.45) is 0. The van der Waals surface area contributed by atoms with Gasteiger partial charge in [0.2, 0.25) is 0 Å². The van der Waals surface area contributed by atoms with Gasteiger partial charge in [-0.25, -0.2) is 4.79 Å². The van der Waals surface area contributed by atoms with Crippen LogP contribution in [0.25, 0.3) is 0 Å². The molecule has 2 aliphatic carbocycles. The van der Waals surface area contributed by atoms with E-state index in [1.165, 1.54) is 0 Å². The fourth-order valence-corrected chi connectivity index (χ4v) is 5.13. The van der Waals surface area contributed by atoms with E-state index in [0.29, 0.717) is 23.2 Å². The van der Waals surface area contributed by atoms with E-state index in [1.807, 2.05) is 0 Å². The second-order valence-electron chi connectivity index (χ2n) is 6.66. The van der Waals surface area contributed by atoms with Crippen LogP contribution >= 0.6 is 0 Å². The van der Waals surface area contributed by atoms with Crippen LogP contribution in [0, 0.1) is 40.9 Å². The summed E-state index contributed by atoms with van der Waals surface area (Å²) in [7, 11) is 0. The molecule has 0 bridgehead atoms. The van der Waals surface area contributed by atoms with Crippen LogP contribution in [0.15, 0.2) is 0 Å². The minimum atomic E-state index is -0.149. The second-order valence-corrected chi connectivity index (χ2v) is 6.66. The Bertz CT molecular complexity index is 328. The third-order valence-electron chi connectivity index (χ3n) is 5.88. The van der Waals surface area contributed by atoms with Crippen molar-refractivity contribution in [3.63, 3.8) is 0 Å². The van der Waals surface area contributed by atoms with Gasteiger partial charge in [-0.05, 0) is 30.1 Å². The Labute approximate surface area is 93.6 Å². The molecule has 1 nitrogen and oxygen atoms in total. The molecule has 0 N–H and O–H groups in total. The van der Waals surface area contributed by atoms with Gasteiger partial charge < -0.3 is 0 Å². The van der Waals surface area contributed by atoms with Crippen LogP contribution in [0.3, 0.4) is 0 Å². The molecular formula is C14H23O+. The predicted molar refractivity (Wildman–Crippen MR) is 62.2 cm³/mol. The summed E-state index contributed by atoms with van der Waals surface area (Å²) in [5.41, 5.74) is 0.432. The SMILES string of the molecule is [CH2+]C(=O)C1(C)C(C(C)C)C12C(C)C2(C)C. The number of carbonyl (C=O) groups excluding carboxylic acids is 1. The fraction of sp³-hybridized carbons (Fsp3) is 0.857. The highest BCUT2D eigenvalue weighted by Gasteiger charge is 2.95. The molecule has 2 saturated carbocycles. The maximum atomic E-state index is 11.8. The van der Waals surface area contributed by atoms with Crippen LogP contribution in [0.4, 0.5) is 0 Å². The van der Waals surface area contributed by atoms with Gasteiger partial charge in [-0.1, -0.05) is 34.6 Å². The van der Waals surface area contributed by atoms with Crippen molar-refractivity contribution in [1.29, 1.82) is 0 Å². The summed E-state index contributed by atoms with van der Waals surface area (Å²) < 4.78 is 0. The first-order valence-corrected chi connectivity index (χ1v) is 6.03. The highest BCUT2D eigenvalue weighted by atomic mass is 16.1. The van der Waals surface area contributed by atoms with Gasteiger partial charge in [-0.15, -0.1) is 0 Å². The van der Waals surface area contributed by atoms with Gasteiger partial charge in [-0.2, -0.15) is 0 Å². The molecule has 2 aliphatic rings. The lowest BCUT2D eigenvalue weighted by Gasteiger charge is -2.04. The standard InChI is InChI=1S/C14H23O/c1-8(2)11-13(7,10(4)15)14(11)9(3)12(14,5)6/h8-9,11H,4H2,1-3,5-7H3/q+1. The van der Waals surface area contributed by atoms with Gasteiger partial charge in [0.25, 0.3) is 0 Å². The number of hydrogen-bond donors (Lipinski definition) is 0. The lowest BCUT2D eigenvalue weighted by molar-refractivity contribution is -0.120. The Morgan fingerprint density at radius 3 is 1.73 bits per heavy atom. The zero-order valence-electron chi connectivity index (χ0n) is 10.8. The molecule has 2 fully saturated rings. The van der Waals surface area contributed by atoms with Crippen molar-refractivity contribution >= 4 is 5.78 Å². The summed E-state index contributed by atoms with van der Waals surface area (Å²) in [5.74, 6) is 1.94.